The van der Waals surface area contributed by atoms with Crippen molar-refractivity contribution in [3.8, 4) is 0 Å². The number of rotatable bonds is 8. The standard InChI is InChI=1S/C23H29F3N8O4/c1-12(31-16-9-30-32-20(36)13(16)2)11-38-18-4-6-34(21(18)37)17-3-5-33(10-15(17)19(27)35)22-28-7-14(8-29-22)23(24,25)26/h7-9,12,15,17-18H,3-6,10-11H2,1-2H3,(H2,27,35)(H2,31,32,36)/t12-,15?,17?,18+/m0/s1. The Labute approximate surface area is 215 Å². The summed E-state index contributed by atoms with van der Waals surface area (Å²) in [6.45, 7) is 4.50. The number of nitrogens with zero attached hydrogens (tertiary/aromatic N) is 5. The highest BCUT2D eigenvalue weighted by atomic mass is 19.4. The molecule has 0 aromatic carbocycles. The molecule has 2 aromatic heterocycles. The Balaban J connectivity index is 1.35. The molecule has 2 aliphatic rings. The number of carbonyl (C=O) groups excluding carboxylic acids is 2. The first-order chi connectivity index (χ1) is 18.0. The van der Waals surface area contributed by atoms with E-state index in [1.807, 2.05) is 6.92 Å². The monoisotopic (exact) mass is 538 g/mol. The summed E-state index contributed by atoms with van der Waals surface area (Å²) in [6, 6.07) is -0.691. The van der Waals surface area contributed by atoms with Crippen LogP contribution in [0.3, 0.4) is 0 Å². The molecule has 0 spiro atoms. The second-order valence-electron chi connectivity index (χ2n) is 9.51. The molecule has 4 rings (SSSR count). The first-order valence-corrected chi connectivity index (χ1v) is 12.1. The minimum absolute atomic E-state index is 0.0592. The van der Waals surface area contributed by atoms with Gasteiger partial charge >= 0.3 is 6.18 Å². The number of primary amides is 1. The van der Waals surface area contributed by atoms with Crippen LogP contribution in [0.25, 0.3) is 0 Å². The number of hydrogen-bond acceptors (Lipinski definition) is 9. The third kappa shape index (κ3) is 5.87. The average Bonchev–Trinajstić information content (AvgIpc) is 3.24. The van der Waals surface area contributed by atoms with E-state index in [1.54, 1.807) is 16.7 Å². The van der Waals surface area contributed by atoms with E-state index in [1.165, 1.54) is 6.20 Å². The summed E-state index contributed by atoms with van der Waals surface area (Å²) < 4.78 is 44.4. The largest absolute Gasteiger partial charge is 0.419 e. The second kappa shape index (κ2) is 10.9. The predicted molar refractivity (Wildman–Crippen MR) is 129 cm³/mol. The van der Waals surface area contributed by atoms with Gasteiger partial charge in [-0.3, -0.25) is 14.4 Å². The highest BCUT2D eigenvalue weighted by molar-refractivity contribution is 5.85. The molecule has 0 radical (unpaired) electrons. The van der Waals surface area contributed by atoms with Gasteiger partial charge in [0.05, 0.1) is 30.0 Å². The zero-order valence-electron chi connectivity index (χ0n) is 20.9. The van der Waals surface area contributed by atoms with E-state index >= 15 is 0 Å². The molecule has 4 heterocycles. The van der Waals surface area contributed by atoms with Crippen LogP contribution in [0.1, 0.15) is 30.9 Å². The van der Waals surface area contributed by atoms with Crippen molar-refractivity contribution >= 4 is 23.5 Å². The van der Waals surface area contributed by atoms with Gasteiger partial charge in [-0.1, -0.05) is 0 Å². The first-order valence-electron chi connectivity index (χ1n) is 12.1. The van der Waals surface area contributed by atoms with E-state index in [0.29, 0.717) is 49.6 Å². The van der Waals surface area contributed by atoms with Gasteiger partial charge in [-0.15, -0.1) is 0 Å². The zero-order valence-corrected chi connectivity index (χ0v) is 20.9. The highest BCUT2D eigenvalue weighted by Gasteiger charge is 2.44. The molecule has 0 aliphatic carbocycles. The molecule has 2 unspecified atom stereocenters. The molecule has 2 saturated heterocycles. The van der Waals surface area contributed by atoms with Gasteiger partial charge in [0, 0.05) is 56.1 Å². The van der Waals surface area contributed by atoms with Crippen LogP contribution in [-0.4, -0.2) is 81.3 Å². The van der Waals surface area contributed by atoms with Gasteiger partial charge in [-0.25, -0.2) is 15.1 Å². The SMILES string of the molecule is Cc1c(N[C@@H](C)CO[C@@H]2CCN(C3CCN(c4ncc(C(F)(F)F)cn4)CC3C(N)=O)C2=O)cn[nH]c1=O. The summed E-state index contributed by atoms with van der Waals surface area (Å²) in [5.74, 6) is -1.57. The number of likely N-dealkylation sites (tertiary alicyclic amines) is 1. The van der Waals surface area contributed by atoms with E-state index in [9.17, 15) is 27.6 Å². The first kappa shape index (κ1) is 27.3. The lowest BCUT2D eigenvalue weighted by Crippen LogP contribution is -2.56. The average molecular weight is 539 g/mol. The fourth-order valence-electron chi connectivity index (χ4n) is 4.74. The molecule has 15 heteroatoms. The van der Waals surface area contributed by atoms with Gasteiger partial charge in [0.1, 0.15) is 6.10 Å². The van der Waals surface area contributed by atoms with Crippen LogP contribution >= 0.6 is 0 Å². The van der Waals surface area contributed by atoms with Gasteiger partial charge in [0.15, 0.2) is 0 Å². The summed E-state index contributed by atoms with van der Waals surface area (Å²) in [4.78, 5) is 48.0. The molecule has 206 valence electrons. The maximum atomic E-state index is 13.2. The lowest BCUT2D eigenvalue weighted by Gasteiger charge is -2.41. The number of amides is 2. The van der Waals surface area contributed by atoms with Crippen molar-refractivity contribution in [3.63, 3.8) is 0 Å². The fraction of sp³-hybridized carbons (Fsp3) is 0.565. The Kier molecular flexibility index (Phi) is 7.85. The molecule has 0 bridgehead atoms. The molecule has 2 fully saturated rings. The number of halogens is 3. The highest BCUT2D eigenvalue weighted by Crippen LogP contribution is 2.31. The van der Waals surface area contributed by atoms with Gasteiger partial charge in [0.25, 0.3) is 11.5 Å². The van der Waals surface area contributed by atoms with Crippen LogP contribution in [0.5, 0.6) is 0 Å². The molecular weight excluding hydrogens is 509 g/mol. The van der Waals surface area contributed by atoms with Gasteiger partial charge in [-0.05, 0) is 20.3 Å². The van der Waals surface area contributed by atoms with Crippen LogP contribution < -0.4 is 21.5 Å². The summed E-state index contributed by atoms with van der Waals surface area (Å²) in [6.07, 6.45) is -1.55. The number of anilines is 2. The number of H-pyrrole nitrogens is 1. The Morgan fingerprint density at radius 2 is 1.95 bits per heavy atom. The Morgan fingerprint density at radius 3 is 2.61 bits per heavy atom. The molecule has 0 saturated carbocycles. The Hall–Kier alpha value is -3.75. The fourth-order valence-corrected chi connectivity index (χ4v) is 4.74. The quantitative estimate of drug-likeness (QED) is 0.439. The van der Waals surface area contributed by atoms with Gasteiger partial charge in [0.2, 0.25) is 11.9 Å². The van der Waals surface area contributed by atoms with E-state index in [2.05, 4.69) is 25.5 Å². The number of alkyl halides is 3. The molecule has 12 nitrogen and oxygen atoms in total. The van der Waals surface area contributed by atoms with Crippen LogP contribution in [-0.2, 0) is 20.5 Å². The van der Waals surface area contributed by atoms with Crippen molar-refractivity contribution in [1.82, 2.24) is 25.1 Å². The second-order valence-corrected chi connectivity index (χ2v) is 9.51. The van der Waals surface area contributed by atoms with Crippen LogP contribution in [0, 0.1) is 12.8 Å². The lowest BCUT2D eigenvalue weighted by atomic mass is 9.90. The summed E-state index contributed by atoms with van der Waals surface area (Å²) in [5.41, 5.74) is 5.44. The number of carbonyl (C=O) groups is 2. The summed E-state index contributed by atoms with van der Waals surface area (Å²) in [7, 11) is 0. The molecule has 2 aromatic rings. The van der Waals surface area contributed by atoms with E-state index in [0.717, 1.165) is 0 Å². The number of ether oxygens (including phenoxy) is 1. The smallest absolute Gasteiger partial charge is 0.379 e. The minimum Gasteiger partial charge on any atom is -0.379 e. The van der Waals surface area contributed by atoms with Crippen molar-refractivity contribution in [2.45, 2.75) is 51.1 Å². The Morgan fingerprint density at radius 1 is 1.24 bits per heavy atom. The van der Waals surface area contributed by atoms with Gasteiger partial charge < -0.3 is 25.6 Å². The van der Waals surface area contributed by atoms with Crippen molar-refractivity contribution in [2.75, 3.05) is 36.5 Å². The summed E-state index contributed by atoms with van der Waals surface area (Å²) >= 11 is 0. The molecule has 4 atom stereocenters. The number of hydrogen-bond donors (Lipinski definition) is 3. The molecule has 2 amide bonds. The lowest BCUT2D eigenvalue weighted by molar-refractivity contribution is -0.141. The third-order valence-corrected chi connectivity index (χ3v) is 6.83. The Bertz CT molecular complexity index is 1220. The molecule has 38 heavy (non-hydrogen) atoms. The van der Waals surface area contributed by atoms with E-state index < -0.39 is 35.7 Å². The van der Waals surface area contributed by atoms with Crippen LogP contribution in [0.4, 0.5) is 24.8 Å². The number of piperidine rings is 1. The number of nitrogens with one attached hydrogen (secondary N) is 2. The normalized spacial score (nSPS) is 23.0. The molecular formula is C23H29F3N8O4. The number of aromatic amines is 1. The van der Waals surface area contributed by atoms with Crippen molar-refractivity contribution in [2.24, 2.45) is 11.7 Å². The predicted octanol–water partition coefficient (Wildman–Crippen LogP) is 0.685. The van der Waals surface area contributed by atoms with E-state index in [-0.39, 0.29) is 36.6 Å². The van der Waals surface area contributed by atoms with Crippen molar-refractivity contribution in [3.05, 3.63) is 40.1 Å². The minimum atomic E-state index is -4.55. The maximum Gasteiger partial charge on any atom is 0.419 e. The number of aromatic nitrogens is 4. The number of nitrogens with two attached hydrogens (primary N) is 1. The maximum absolute atomic E-state index is 13.2. The third-order valence-electron chi connectivity index (χ3n) is 6.83. The van der Waals surface area contributed by atoms with Crippen molar-refractivity contribution in [1.29, 1.82) is 0 Å². The zero-order chi connectivity index (χ0) is 27.6. The molecule has 4 N–H and O–H groups in total. The molecule has 2 aliphatic heterocycles. The topological polar surface area (TPSA) is 159 Å². The summed E-state index contributed by atoms with van der Waals surface area (Å²) in [5, 5.41) is 9.27. The van der Waals surface area contributed by atoms with Crippen LogP contribution in [0.2, 0.25) is 0 Å². The van der Waals surface area contributed by atoms with E-state index in [4.69, 9.17) is 10.5 Å². The van der Waals surface area contributed by atoms with Crippen molar-refractivity contribution < 1.29 is 27.5 Å². The van der Waals surface area contributed by atoms with Gasteiger partial charge in [-0.2, -0.15) is 18.3 Å². The van der Waals surface area contributed by atoms with Crippen LogP contribution in [0.15, 0.2) is 23.4 Å².